The van der Waals surface area contributed by atoms with Crippen LogP contribution in [0.5, 0.6) is 0 Å². The third-order valence-electron chi connectivity index (χ3n) is 5.28. The molecule has 3 rings (SSSR count). The van der Waals surface area contributed by atoms with Gasteiger partial charge in [0.25, 0.3) is 0 Å². The summed E-state index contributed by atoms with van der Waals surface area (Å²) in [6.07, 6.45) is 9.89. The van der Waals surface area contributed by atoms with Gasteiger partial charge in [-0.1, -0.05) is 19.3 Å². The highest BCUT2D eigenvalue weighted by molar-refractivity contribution is 5.79. The lowest BCUT2D eigenvalue weighted by atomic mass is 10.1. The lowest BCUT2D eigenvalue weighted by molar-refractivity contribution is -0.136. The van der Waals surface area contributed by atoms with Gasteiger partial charge in [-0.3, -0.25) is 4.79 Å². The SMILES string of the molecule is O=C(C1CCCC1)N1CCCO[C@@H](CN2CCCCC2)C1. The van der Waals surface area contributed by atoms with Gasteiger partial charge >= 0.3 is 0 Å². The topological polar surface area (TPSA) is 32.8 Å². The second-order valence-electron chi connectivity index (χ2n) is 6.97. The average Bonchev–Trinajstić information content (AvgIpc) is 2.95. The molecule has 21 heavy (non-hydrogen) atoms. The van der Waals surface area contributed by atoms with E-state index < -0.39 is 0 Å². The molecule has 1 amide bonds. The van der Waals surface area contributed by atoms with Crippen molar-refractivity contribution in [3.05, 3.63) is 0 Å². The lowest BCUT2D eigenvalue weighted by Gasteiger charge is -2.32. The van der Waals surface area contributed by atoms with Crippen molar-refractivity contribution in [3.63, 3.8) is 0 Å². The van der Waals surface area contributed by atoms with Gasteiger partial charge in [-0.25, -0.2) is 0 Å². The molecule has 0 bridgehead atoms. The largest absolute Gasteiger partial charge is 0.375 e. The molecule has 0 aromatic carbocycles. The molecule has 0 spiro atoms. The van der Waals surface area contributed by atoms with Gasteiger partial charge in [-0.2, -0.15) is 0 Å². The smallest absolute Gasteiger partial charge is 0.225 e. The first-order valence-electron chi connectivity index (χ1n) is 8.95. The molecule has 1 aliphatic carbocycles. The zero-order valence-corrected chi connectivity index (χ0v) is 13.3. The van der Waals surface area contributed by atoms with Crippen molar-refractivity contribution in [1.82, 2.24) is 9.80 Å². The summed E-state index contributed by atoms with van der Waals surface area (Å²) in [5.74, 6) is 0.709. The molecule has 0 unspecified atom stereocenters. The molecule has 3 aliphatic rings. The summed E-state index contributed by atoms with van der Waals surface area (Å²) >= 11 is 0. The Morgan fingerprint density at radius 3 is 2.48 bits per heavy atom. The Labute approximate surface area is 128 Å². The predicted molar refractivity (Wildman–Crippen MR) is 83.2 cm³/mol. The molecule has 2 saturated heterocycles. The van der Waals surface area contributed by atoms with Crippen LogP contribution in [0, 0.1) is 5.92 Å². The van der Waals surface area contributed by atoms with E-state index in [0.717, 1.165) is 45.5 Å². The standard InChI is InChI=1S/C17H30N2O2/c20-17(15-7-2-3-8-15)19-11-6-12-21-16(14-19)13-18-9-4-1-5-10-18/h15-16H,1-14H2/t16-/m0/s1. The molecule has 0 aromatic heterocycles. The normalized spacial score (nSPS) is 29.5. The number of amides is 1. The Hall–Kier alpha value is -0.610. The maximum absolute atomic E-state index is 12.6. The molecular formula is C17H30N2O2. The Morgan fingerprint density at radius 1 is 0.952 bits per heavy atom. The van der Waals surface area contributed by atoms with Gasteiger partial charge in [0.2, 0.25) is 5.91 Å². The molecular weight excluding hydrogens is 264 g/mol. The number of carbonyl (C=O) groups excluding carboxylic acids is 1. The Morgan fingerprint density at radius 2 is 1.71 bits per heavy atom. The number of likely N-dealkylation sites (tertiary alicyclic amines) is 1. The molecule has 1 saturated carbocycles. The molecule has 3 fully saturated rings. The first-order valence-corrected chi connectivity index (χ1v) is 8.95. The van der Waals surface area contributed by atoms with Gasteiger partial charge in [-0.05, 0) is 45.2 Å². The first kappa shape index (κ1) is 15.3. The fourth-order valence-corrected chi connectivity index (χ4v) is 4.07. The summed E-state index contributed by atoms with van der Waals surface area (Å²) in [6, 6.07) is 0. The van der Waals surface area contributed by atoms with Crippen LogP contribution in [-0.4, -0.2) is 61.1 Å². The number of rotatable bonds is 3. The maximum atomic E-state index is 12.6. The van der Waals surface area contributed by atoms with Crippen molar-refractivity contribution >= 4 is 5.91 Å². The van der Waals surface area contributed by atoms with E-state index in [0.29, 0.717) is 11.8 Å². The molecule has 0 N–H and O–H groups in total. The van der Waals surface area contributed by atoms with Crippen LogP contribution in [0.3, 0.4) is 0 Å². The van der Waals surface area contributed by atoms with Crippen LogP contribution in [0.1, 0.15) is 51.4 Å². The van der Waals surface area contributed by atoms with Crippen molar-refractivity contribution in [2.24, 2.45) is 5.92 Å². The van der Waals surface area contributed by atoms with E-state index in [-0.39, 0.29) is 6.10 Å². The number of hydrogen-bond acceptors (Lipinski definition) is 3. The third-order valence-corrected chi connectivity index (χ3v) is 5.28. The van der Waals surface area contributed by atoms with Gasteiger partial charge in [-0.15, -0.1) is 0 Å². The number of nitrogens with zero attached hydrogens (tertiary/aromatic N) is 2. The van der Waals surface area contributed by atoms with Crippen LogP contribution in [0.4, 0.5) is 0 Å². The third kappa shape index (κ3) is 4.19. The summed E-state index contributed by atoms with van der Waals surface area (Å²) in [5, 5.41) is 0. The molecule has 2 aliphatic heterocycles. The quantitative estimate of drug-likeness (QED) is 0.800. The minimum absolute atomic E-state index is 0.218. The van der Waals surface area contributed by atoms with Gasteiger partial charge in [0, 0.05) is 32.2 Å². The van der Waals surface area contributed by atoms with Crippen molar-refractivity contribution in [1.29, 1.82) is 0 Å². The fourth-order valence-electron chi connectivity index (χ4n) is 4.07. The highest BCUT2D eigenvalue weighted by Crippen LogP contribution is 2.27. The monoisotopic (exact) mass is 294 g/mol. The molecule has 0 aromatic rings. The second-order valence-corrected chi connectivity index (χ2v) is 6.97. The van der Waals surface area contributed by atoms with E-state index >= 15 is 0 Å². The van der Waals surface area contributed by atoms with Gasteiger partial charge < -0.3 is 14.5 Å². The van der Waals surface area contributed by atoms with Crippen LogP contribution in [0.15, 0.2) is 0 Å². The Kier molecular flexibility index (Phi) is 5.53. The van der Waals surface area contributed by atoms with Gasteiger partial charge in [0.1, 0.15) is 0 Å². The Bertz CT molecular complexity index is 336. The van der Waals surface area contributed by atoms with Crippen LogP contribution < -0.4 is 0 Å². The molecule has 2 heterocycles. The highest BCUT2D eigenvalue weighted by atomic mass is 16.5. The summed E-state index contributed by atoms with van der Waals surface area (Å²) in [7, 11) is 0. The zero-order chi connectivity index (χ0) is 14.5. The number of hydrogen-bond donors (Lipinski definition) is 0. The van der Waals surface area contributed by atoms with E-state index in [4.69, 9.17) is 4.74 Å². The maximum Gasteiger partial charge on any atom is 0.225 e. The number of carbonyl (C=O) groups is 1. The molecule has 1 atom stereocenters. The summed E-state index contributed by atoms with van der Waals surface area (Å²) in [6.45, 7) is 5.94. The number of piperidine rings is 1. The average molecular weight is 294 g/mol. The first-order chi connectivity index (χ1) is 10.3. The predicted octanol–water partition coefficient (Wildman–Crippen LogP) is 2.28. The highest BCUT2D eigenvalue weighted by Gasteiger charge is 2.30. The van der Waals surface area contributed by atoms with E-state index in [2.05, 4.69) is 9.80 Å². The van der Waals surface area contributed by atoms with E-state index in [1.165, 1.54) is 45.2 Å². The van der Waals surface area contributed by atoms with E-state index in [9.17, 15) is 4.79 Å². The van der Waals surface area contributed by atoms with Crippen LogP contribution >= 0.6 is 0 Å². The number of ether oxygens (including phenoxy) is 1. The zero-order valence-electron chi connectivity index (χ0n) is 13.3. The van der Waals surface area contributed by atoms with Crippen molar-refractivity contribution in [2.45, 2.75) is 57.5 Å². The molecule has 120 valence electrons. The summed E-state index contributed by atoms with van der Waals surface area (Å²) in [4.78, 5) is 17.3. The summed E-state index contributed by atoms with van der Waals surface area (Å²) in [5.41, 5.74) is 0. The second kappa shape index (κ2) is 7.59. The molecule has 4 nitrogen and oxygen atoms in total. The van der Waals surface area contributed by atoms with Crippen molar-refractivity contribution < 1.29 is 9.53 Å². The van der Waals surface area contributed by atoms with E-state index in [1.54, 1.807) is 0 Å². The lowest BCUT2D eigenvalue weighted by Crippen LogP contribution is -2.45. The van der Waals surface area contributed by atoms with Crippen LogP contribution in [0.2, 0.25) is 0 Å². The van der Waals surface area contributed by atoms with Gasteiger partial charge in [0.15, 0.2) is 0 Å². The molecule has 4 heteroatoms. The van der Waals surface area contributed by atoms with Crippen molar-refractivity contribution in [2.75, 3.05) is 39.3 Å². The minimum Gasteiger partial charge on any atom is -0.375 e. The van der Waals surface area contributed by atoms with Crippen molar-refractivity contribution in [3.8, 4) is 0 Å². The Balaban J connectivity index is 1.53. The molecule has 0 radical (unpaired) electrons. The minimum atomic E-state index is 0.218. The summed E-state index contributed by atoms with van der Waals surface area (Å²) < 4.78 is 6.01. The van der Waals surface area contributed by atoms with Crippen LogP contribution in [0.25, 0.3) is 0 Å². The van der Waals surface area contributed by atoms with E-state index in [1.807, 2.05) is 0 Å². The van der Waals surface area contributed by atoms with Crippen LogP contribution in [-0.2, 0) is 9.53 Å². The fraction of sp³-hybridized carbons (Fsp3) is 0.941. The van der Waals surface area contributed by atoms with Gasteiger partial charge in [0.05, 0.1) is 6.10 Å².